The predicted octanol–water partition coefficient (Wildman–Crippen LogP) is 2.32. The second-order valence-corrected chi connectivity index (χ2v) is 5.42. The fourth-order valence-corrected chi connectivity index (χ4v) is 1.81. The molecule has 0 aliphatic heterocycles. The van der Waals surface area contributed by atoms with Gasteiger partial charge in [-0.3, -0.25) is 4.79 Å². The van der Waals surface area contributed by atoms with Crippen LogP contribution in [0.1, 0.15) is 27.2 Å². The first-order valence-electron chi connectivity index (χ1n) is 7.12. The average Bonchev–Trinajstić information content (AvgIpc) is 2.44. The third-order valence-electron chi connectivity index (χ3n) is 3.24. The summed E-state index contributed by atoms with van der Waals surface area (Å²) in [5, 5.41) is 11.6. The van der Waals surface area contributed by atoms with Crippen molar-refractivity contribution in [1.29, 1.82) is 0 Å². The molecular formula is C16H23NO4. The van der Waals surface area contributed by atoms with Crippen molar-refractivity contribution in [2.75, 3.05) is 6.61 Å². The molecule has 0 heterocycles. The van der Waals surface area contributed by atoms with E-state index in [1.807, 2.05) is 30.3 Å². The summed E-state index contributed by atoms with van der Waals surface area (Å²) >= 11 is 0. The Labute approximate surface area is 125 Å². The van der Waals surface area contributed by atoms with Gasteiger partial charge in [0.2, 0.25) is 5.91 Å². The van der Waals surface area contributed by atoms with Gasteiger partial charge < -0.3 is 15.2 Å². The van der Waals surface area contributed by atoms with Crippen LogP contribution in [-0.2, 0) is 9.59 Å². The van der Waals surface area contributed by atoms with Gasteiger partial charge in [-0.1, -0.05) is 39.0 Å². The zero-order valence-corrected chi connectivity index (χ0v) is 12.7. The lowest BCUT2D eigenvalue weighted by atomic mass is 10.0. The first kappa shape index (κ1) is 17.0. The van der Waals surface area contributed by atoms with Crippen molar-refractivity contribution < 1.29 is 19.4 Å². The number of amides is 1. The number of ether oxygens (including phenoxy) is 1. The smallest absolute Gasteiger partial charge is 0.326 e. The summed E-state index contributed by atoms with van der Waals surface area (Å²) in [6.07, 6.45) is 0.533. The first-order valence-corrected chi connectivity index (χ1v) is 7.12. The lowest BCUT2D eigenvalue weighted by Gasteiger charge is -2.20. The standard InChI is InChI=1S/C16H23NO4/c1-11(2)14(16(19)20)17-15(18)12(3)9-10-21-13-7-5-4-6-8-13/h4-8,11-12,14H,9-10H2,1-3H3,(H,17,18)(H,19,20)/t12?,14-/m1/s1. The maximum atomic E-state index is 12.0. The van der Waals surface area contributed by atoms with Crippen LogP contribution in [0, 0.1) is 11.8 Å². The number of carboxylic acid groups (broad SMARTS) is 1. The van der Waals surface area contributed by atoms with E-state index in [9.17, 15) is 9.59 Å². The van der Waals surface area contributed by atoms with Crippen molar-refractivity contribution in [3.63, 3.8) is 0 Å². The second-order valence-electron chi connectivity index (χ2n) is 5.42. The highest BCUT2D eigenvalue weighted by molar-refractivity contribution is 5.84. The molecule has 2 N–H and O–H groups in total. The third kappa shape index (κ3) is 5.85. The zero-order chi connectivity index (χ0) is 15.8. The summed E-state index contributed by atoms with van der Waals surface area (Å²) in [5.41, 5.74) is 0. The molecule has 2 atom stereocenters. The first-order chi connectivity index (χ1) is 9.91. The average molecular weight is 293 g/mol. The number of benzene rings is 1. The highest BCUT2D eigenvalue weighted by Crippen LogP contribution is 2.11. The van der Waals surface area contributed by atoms with E-state index >= 15 is 0 Å². The number of carbonyl (C=O) groups excluding carboxylic acids is 1. The van der Waals surface area contributed by atoms with Crippen LogP contribution in [0.25, 0.3) is 0 Å². The molecule has 0 aliphatic carbocycles. The highest BCUT2D eigenvalue weighted by Gasteiger charge is 2.25. The minimum absolute atomic E-state index is 0.154. The molecule has 0 bridgehead atoms. The van der Waals surface area contributed by atoms with Gasteiger partial charge >= 0.3 is 5.97 Å². The van der Waals surface area contributed by atoms with Gasteiger partial charge in [0.25, 0.3) is 0 Å². The zero-order valence-electron chi connectivity index (χ0n) is 12.7. The molecule has 1 aromatic carbocycles. The Morgan fingerprint density at radius 2 is 1.81 bits per heavy atom. The number of carbonyl (C=O) groups is 2. The minimum Gasteiger partial charge on any atom is -0.494 e. The van der Waals surface area contributed by atoms with Gasteiger partial charge in [0, 0.05) is 5.92 Å². The molecule has 1 unspecified atom stereocenters. The number of hydrogen-bond donors (Lipinski definition) is 2. The van der Waals surface area contributed by atoms with Gasteiger partial charge in [-0.25, -0.2) is 4.79 Å². The van der Waals surface area contributed by atoms with Gasteiger partial charge in [0.05, 0.1) is 6.61 Å². The summed E-state index contributed by atoms with van der Waals surface area (Å²) in [6, 6.07) is 8.52. The van der Waals surface area contributed by atoms with Crippen LogP contribution in [0.3, 0.4) is 0 Å². The van der Waals surface area contributed by atoms with Crippen LogP contribution in [0.2, 0.25) is 0 Å². The van der Waals surface area contributed by atoms with E-state index in [1.54, 1.807) is 20.8 Å². The van der Waals surface area contributed by atoms with Crippen molar-refractivity contribution in [1.82, 2.24) is 5.32 Å². The van der Waals surface area contributed by atoms with E-state index in [1.165, 1.54) is 0 Å². The number of carboxylic acids is 1. The summed E-state index contributed by atoms with van der Waals surface area (Å²) in [5.74, 6) is -0.955. The van der Waals surface area contributed by atoms with Gasteiger partial charge in [-0.15, -0.1) is 0 Å². The van der Waals surface area contributed by atoms with E-state index in [0.717, 1.165) is 5.75 Å². The largest absolute Gasteiger partial charge is 0.494 e. The van der Waals surface area contributed by atoms with Crippen molar-refractivity contribution in [3.8, 4) is 5.75 Å². The van der Waals surface area contributed by atoms with E-state index in [-0.39, 0.29) is 17.7 Å². The van der Waals surface area contributed by atoms with Gasteiger partial charge in [-0.2, -0.15) is 0 Å². The fourth-order valence-electron chi connectivity index (χ4n) is 1.81. The van der Waals surface area contributed by atoms with Crippen LogP contribution in [0.15, 0.2) is 30.3 Å². The van der Waals surface area contributed by atoms with Crippen molar-refractivity contribution in [2.45, 2.75) is 33.2 Å². The Morgan fingerprint density at radius 1 is 1.19 bits per heavy atom. The Hall–Kier alpha value is -2.04. The Bertz CT molecular complexity index is 459. The fraction of sp³-hybridized carbons (Fsp3) is 0.500. The number of para-hydroxylation sites is 1. The molecule has 116 valence electrons. The van der Waals surface area contributed by atoms with Crippen LogP contribution >= 0.6 is 0 Å². The molecule has 1 aromatic rings. The molecule has 5 heteroatoms. The third-order valence-corrected chi connectivity index (χ3v) is 3.24. The molecule has 1 rings (SSSR count). The number of rotatable bonds is 8. The molecular weight excluding hydrogens is 270 g/mol. The van der Waals surface area contributed by atoms with Gasteiger partial charge in [-0.05, 0) is 24.5 Å². The molecule has 0 aromatic heterocycles. The SMILES string of the molecule is CC(CCOc1ccccc1)C(=O)N[C@@H](C(=O)O)C(C)C. The summed E-state index contributed by atoms with van der Waals surface area (Å²) in [7, 11) is 0. The van der Waals surface area contributed by atoms with E-state index in [0.29, 0.717) is 13.0 Å². The molecule has 0 saturated carbocycles. The Kier molecular flexibility index (Phi) is 6.72. The number of aliphatic carboxylic acids is 1. The molecule has 0 saturated heterocycles. The van der Waals surface area contributed by atoms with E-state index in [4.69, 9.17) is 9.84 Å². The van der Waals surface area contributed by atoms with Gasteiger partial charge in [0.15, 0.2) is 0 Å². The molecule has 1 amide bonds. The quantitative estimate of drug-likeness (QED) is 0.771. The van der Waals surface area contributed by atoms with Crippen LogP contribution < -0.4 is 10.1 Å². The normalized spacial score (nSPS) is 13.5. The Morgan fingerprint density at radius 3 is 2.33 bits per heavy atom. The van der Waals surface area contributed by atoms with Crippen molar-refractivity contribution in [3.05, 3.63) is 30.3 Å². The molecule has 0 radical (unpaired) electrons. The van der Waals surface area contributed by atoms with E-state index < -0.39 is 12.0 Å². The summed E-state index contributed by atoms with van der Waals surface area (Å²) in [4.78, 5) is 23.0. The molecule has 0 fully saturated rings. The maximum absolute atomic E-state index is 12.0. The summed E-state index contributed by atoms with van der Waals surface area (Å²) < 4.78 is 5.53. The predicted molar refractivity (Wildman–Crippen MR) is 80.1 cm³/mol. The summed E-state index contributed by atoms with van der Waals surface area (Å²) in [6.45, 7) is 5.71. The number of hydrogen-bond acceptors (Lipinski definition) is 3. The Balaban J connectivity index is 2.39. The lowest BCUT2D eigenvalue weighted by Crippen LogP contribution is -2.46. The number of nitrogens with one attached hydrogen (secondary N) is 1. The monoisotopic (exact) mass is 293 g/mol. The molecule has 0 spiro atoms. The molecule has 5 nitrogen and oxygen atoms in total. The van der Waals surface area contributed by atoms with Crippen LogP contribution in [0.4, 0.5) is 0 Å². The second kappa shape index (κ2) is 8.29. The lowest BCUT2D eigenvalue weighted by molar-refractivity contribution is -0.143. The minimum atomic E-state index is -1.01. The van der Waals surface area contributed by atoms with E-state index in [2.05, 4.69) is 5.32 Å². The van der Waals surface area contributed by atoms with Crippen molar-refractivity contribution >= 4 is 11.9 Å². The topological polar surface area (TPSA) is 75.6 Å². The molecule has 0 aliphatic rings. The molecule has 21 heavy (non-hydrogen) atoms. The highest BCUT2D eigenvalue weighted by atomic mass is 16.5. The van der Waals surface area contributed by atoms with Crippen LogP contribution in [-0.4, -0.2) is 29.6 Å². The van der Waals surface area contributed by atoms with Gasteiger partial charge in [0.1, 0.15) is 11.8 Å². The maximum Gasteiger partial charge on any atom is 0.326 e. The van der Waals surface area contributed by atoms with Crippen LogP contribution in [0.5, 0.6) is 5.75 Å². The van der Waals surface area contributed by atoms with Crippen molar-refractivity contribution in [2.24, 2.45) is 11.8 Å².